The van der Waals surface area contributed by atoms with Gasteiger partial charge in [0.05, 0.1) is 6.04 Å². The summed E-state index contributed by atoms with van der Waals surface area (Å²) in [6, 6.07) is 12.5. The number of rotatable bonds is 7. The van der Waals surface area contributed by atoms with Crippen LogP contribution < -0.4 is 15.5 Å². The van der Waals surface area contributed by atoms with Gasteiger partial charge in [0, 0.05) is 52.2 Å². The van der Waals surface area contributed by atoms with Gasteiger partial charge in [-0.15, -0.1) is 24.0 Å². The molecule has 158 valence electrons. The number of piperazine rings is 1. The first-order chi connectivity index (χ1) is 13.8. The van der Waals surface area contributed by atoms with E-state index in [1.807, 2.05) is 19.2 Å². The molecule has 1 atom stereocenters. The zero-order valence-corrected chi connectivity index (χ0v) is 19.6. The zero-order valence-electron chi connectivity index (χ0n) is 17.3. The van der Waals surface area contributed by atoms with Crippen LogP contribution in [0.5, 0.6) is 0 Å². The molecule has 1 saturated heterocycles. The second kappa shape index (κ2) is 12.6. The lowest BCUT2D eigenvalue weighted by atomic mass is 10.1. The number of hydrogen-bond acceptors (Lipinski definition) is 5. The van der Waals surface area contributed by atoms with Crippen LogP contribution in [0.4, 0.5) is 5.95 Å². The fourth-order valence-electron chi connectivity index (χ4n) is 3.36. The molecule has 1 aromatic heterocycles. The summed E-state index contributed by atoms with van der Waals surface area (Å²) in [4.78, 5) is 17.8. The van der Waals surface area contributed by atoms with Crippen LogP contribution in [-0.4, -0.2) is 67.1 Å². The second-order valence-corrected chi connectivity index (χ2v) is 7.01. The molecular weight excluding hydrogens is 477 g/mol. The van der Waals surface area contributed by atoms with Crippen molar-refractivity contribution in [1.82, 2.24) is 25.5 Å². The van der Waals surface area contributed by atoms with Crippen molar-refractivity contribution in [3.63, 3.8) is 0 Å². The summed E-state index contributed by atoms with van der Waals surface area (Å²) in [7, 11) is 1.82. The average Bonchev–Trinajstić information content (AvgIpc) is 2.77. The number of benzene rings is 1. The quantitative estimate of drug-likeness (QED) is 0.259. The summed E-state index contributed by atoms with van der Waals surface area (Å²) >= 11 is 0. The number of hydrogen-bond donors (Lipinski definition) is 2. The van der Waals surface area contributed by atoms with Crippen LogP contribution in [0.2, 0.25) is 0 Å². The molecule has 2 N–H and O–H groups in total. The van der Waals surface area contributed by atoms with Gasteiger partial charge >= 0.3 is 0 Å². The highest BCUT2D eigenvalue weighted by molar-refractivity contribution is 14.0. The molecule has 29 heavy (non-hydrogen) atoms. The zero-order chi connectivity index (χ0) is 19.6. The molecule has 7 nitrogen and oxygen atoms in total. The lowest BCUT2D eigenvalue weighted by Crippen LogP contribution is -2.47. The Bertz CT molecular complexity index is 718. The summed E-state index contributed by atoms with van der Waals surface area (Å²) < 4.78 is 0. The minimum Gasteiger partial charge on any atom is -0.356 e. The SMILES string of the molecule is CN=C(NCCCN1CCN(c2ncccn2)CC1)NC(C)c1ccccc1.I. The van der Waals surface area contributed by atoms with Crippen LogP contribution in [0.25, 0.3) is 0 Å². The smallest absolute Gasteiger partial charge is 0.225 e. The first kappa shape index (κ1) is 23.3. The van der Waals surface area contributed by atoms with Crippen molar-refractivity contribution in [2.24, 2.45) is 4.99 Å². The number of halogens is 1. The van der Waals surface area contributed by atoms with Gasteiger partial charge < -0.3 is 15.5 Å². The predicted molar refractivity (Wildman–Crippen MR) is 130 cm³/mol. The Morgan fingerprint density at radius 2 is 1.76 bits per heavy atom. The van der Waals surface area contributed by atoms with E-state index in [0.717, 1.165) is 57.6 Å². The van der Waals surface area contributed by atoms with Crippen LogP contribution in [0.1, 0.15) is 24.9 Å². The monoisotopic (exact) mass is 509 g/mol. The van der Waals surface area contributed by atoms with E-state index in [4.69, 9.17) is 0 Å². The molecule has 1 fully saturated rings. The van der Waals surface area contributed by atoms with Crippen LogP contribution in [0.15, 0.2) is 53.8 Å². The Morgan fingerprint density at radius 3 is 2.41 bits per heavy atom. The molecule has 1 aliphatic heterocycles. The number of nitrogens with zero attached hydrogens (tertiary/aromatic N) is 5. The van der Waals surface area contributed by atoms with Crippen LogP contribution >= 0.6 is 24.0 Å². The molecule has 8 heteroatoms. The number of aliphatic imine (C=N–C) groups is 1. The maximum Gasteiger partial charge on any atom is 0.225 e. The van der Waals surface area contributed by atoms with E-state index in [1.165, 1.54) is 5.56 Å². The van der Waals surface area contributed by atoms with Gasteiger partial charge in [0.15, 0.2) is 5.96 Å². The third-order valence-electron chi connectivity index (χ3n) is 5.03. The largest absolute Gasteiger partial charge is 0.356 e. The van der Waals surface area contributed by atoms with Crippen LogP contribution in [-0.2, 0) is 0 Å². The van der Waals surface area contributed by atoms with Crippen LogP contribution in [0.3, 0.4) is 0 Å². The van der Waals surface area contributed by atoms with E-state index in [0.29, 0.717) is 0 Å². The first-order valence-electron chi connectivity index (χ1n) is 10.0. The lowest BCUT2D eigenvalue weighted by molar-refractivity contribution is 0.254. The molecular formula is C21H32IN7. The molecule has 2 heterocycles. The van der Waals surface area contributed by atoms with Gasteiger partial charge in [0.1, 0.15) is 0 Å². The fraction of sp³-hybridized carbons (Fsp3) is 0.476. The van der Waals surface area contributed by atoms with Gasteiger partial charge in [0.2, 0.25) is 5.95 Å². The Hall–Kier alpha value is -1.94. The Morgan fingerprint density at radius 1 is 1.07 bits per heavy atom. The van der Waals surface area contributed by atoms with Gasteiger partial charge in [-0.25, -0.2) is 9.97 Å². The molecule has 0 aliphatic carbocycles. The number of guanidine groups is 1. The molecule has 0 radical (unpaired) electrons. The minimum atomic E-state index is 0. The number of nitrogens with one attached hydrogen (secondary N) is 2. The van der Waals surface area contributed by atoms with Gasteiger partial charge in [-0.1, -0.05) is 30.3 Å². The van der Waals surface area contributed by atoms with Crippen molar-refractivity contribution in [2.45, 2.75) is 19.4 Å². The van der Waals surface area contributed by atoms with E-state index in [2.05, 4.69) is 66.6 Å². The third kappa shape index (κ3) is 7.43. The van der Waals surface area contributed by atoms with E-state index in [9.17, 15) is 0 Å². The summed E-state index contributed by atoms with van der Waals surface area (Å²) in [5.74, 6) is 1.69. The molecule has 1 aromatic carbocycles. The average molecular weight is 509 g/mol. The minimum absolute atomic E-state index is 0. The third-order valence-corrected chi connectivity index (χ3v) is 5.03. The molecule has 0 amide bonds. The molecule has 0 bridgehead atoms. The van der Waals surface area contributed by atoms with Gasteiger partial charge in [-0.3, -0.25) is 9.89 Å². The lowest BCUT2D eigenvalue weighted by Gasteiger charge is -2.34. The van der Waals surface area contributed by atoms with E-state index < -0.39 is 0 Å². The number of anilines is 1. The highest BCUT2D eigenvalue weighted by Crippen LogP contribution is 2.11. The molecule has 0 saturated carbocycles. The first-order valence-corrected chi connectivity index (χ1v) is 10.0. The van der Waals surface area contributed by atoms with Crippen molar-refractivity contribution in [2.75, 3.05) is 51.2 Å². The fourth-order valence-corrected chi connectivity index (χ4v) is 3.36. The molecule has 1 aliphatic rings. The highest BCUT2D eigenvalue weighted by atomic mass is 127. The van der Waals surface area contributed by atoms with Gasteiger partial charge in [-0.2, -0.15) is 0 Å². The standard InChI is InChI=1S/C21H31N7.HI/c1-18(19-8-4-3-5-9-19)26-20(22-2)23-12-7-13-27-14-16-28(17-15-27)21-24-10-6-11-25-21;/h3-6,8-11,18H,7,12-17H2,1-2H3,(H2,22,23,26);1H. The molecule has 2 aromatic rings. The summed E-state index contributed by atoms with van der Waals surface area (Å²) in [6.45, 7) is 8.21. The molecule has 3 rings (SSSR count). The predicted octanol–water partition coefficient (Wildman–Crippen LogP) is 2.53. The maximum absolute atomic E-state index is 4.34. The van der Waals surface area contributed by atoms with E-state index >= 15 is 0 Å². The normalized spacial score (nSPS) is 16.1. The molecule has 1 unspecified atom stereocenters. The Kier molecular flexibility index (Phi) is 10.1. The summed E-state index contributed by atoms with van der Waals surface area (Å²) in [6.07, 6.45) is 4.70. The van der Waals surface area contributed by atoms with Gasteiger partial charge in [-0.05, 0) is 31.5 Å². The summed E-state index contributed by atoms with van der Waals surface area (Å²) in [5.41, 5.74) is 1.26. The van der Waals surface area contributed by atoms with Crippen molar-refractivity contribution >= 4 is 35.9 Å². The van der Waals surface area contributed by atoms with Crippen molar-refractivity contribution < 1.29 is 0 Å². The van der Waals surface area contributed by atoms with Crippen molar-refractivity contribution in [1.29, 1.82) is 0 Å². The van der Waals surface area contributed by atoms with Crippen molar-refractivity contribution in [3.8, 4) is 0 Å². The van der Waals surface area contributed by atoms with Gasteiger partial charge in [0.25, 0.3) is 0 Å². The maximum atomic E-state index is 4.34. The topological polar surface area (TPSA) is 68.7 Å². The second-order valence-electron chi connectivity index (χ2n) is 7.01. The Labute approximate surface area is 191 Å². The van der Waals surface area contributed by atoms with E-state index in [1.54, 1.807) is 12.4 Å². The van der Waals surface area contributed by atoms with E-state index in [-0.39, 0.29) is 30.0 Å². The highest BCUT2D eigenvalue weighted by Gasteiger charge is 2.18. The number of aromatic nitrogens is 2. The Balaban J connectivity index is 0.00000300. The van der Waals surface area contributed by atoms with Crippen LogP contribution in [0, 0.1) is 0 Å². The van der Waals surface area contributed by atoms with Crippen molar-refractivity contribution in [3.05, 3.63) is 54.4 Å². The molecule has 0 spiro atoms. The summed E-state index contributed by atoms with van der Waals surface area (Å²) in [5, 5.41) is 6.88.